The van der Waals surface area contributed by atoms with Gasteiger partial charge in [-0.25, -0.2) is 4.98 Å². The number of β-amino-alcohol motifs (C(OH)–C–C–N with tert-alkyl or cyclic N) is 1. The van der Waals surface area contributed by atoms with Gasteiger partial charge in [-0.1, -0.05) is 61.0 Å². The molecule has 1 saturated heterocycles. The standard InChI is InChI=1S/C39H50N4O10S2/c1-25(2)36(35-20-27(4)42-53-35)39(46)43-22-31(44)21-34(43)38(45)41-33(29-8-10-30(11-9-29)37-28(5)40-24-54-37)23-51-17-16-49-14-15-50-18-19-52-55(47,48)32-12-6-26(3)7-13-32/h6-13,20,24-25,31,33-34,36,44H,14-19,21-23H2,1-5H3,(H,41,45)/t31-,33+,34+,36?/m1/s1. The molecule has 0 saturated carbocycles. The minimum absolute atomic E-state index is 0.0257. The zero-order chi connectivity index (χ0) is 39.5. The summed E-state index contributed by atoms with van der Waals surface area (Å²) in [6.07, 6.45) is -0.763. The fraction of sp³-hybridized carbons (Fsp3) is 0.487. The number of aliphatic hydroxyl groups is 1. The highest BCUT2D eigenvalue weighted by Crippen LogP contribution is 2.32. The van der Waals surface area contributed by atoms with Crippen molar-refractivity contribution in [3.8, 4) is 10.4 Å². The Balaban J connectivity index is 1.14. The van der Waals surface area contributed by atoms with Gasteiger partial charge >= 0.3 is 0 Å². The second-order valence-corrected chi connectivity index (χ2v) is 16.3. The van der Waals surface area contributed by atoms with E-state index in [0.29, 0.717) is 11.5 Å². The SMILES string of the molecule is Cc1ccc(S(=O)(=O)OCCOCCOCCOC[C@H](NC(=O)[C@@H]2C[C@@H](O)CN2C(=O)C(c2cc(C)no2)C(C)C)c2ccc(-c3scnc3C)cc2)cc1. The maximum Gasteiger partial charge on any atom is 0.297 e. The van der Waals surface area contributed by atoms with Crippen LogP contribution in [-0.2, 0) is 38.1 Å². The van der Waals surface area contributed by atoms with Gasteiger partial charge in [0.05, 0.1) is 85.1 Å². The molecule has 2 aromatic carbocycles. The van der Waals surface area contributed by atoms with Gasteiger partial charge in [-0.3, -0.25) is 13.8 Å². The van der Waals surface area contributed by atoms with Gasteiger partial charge in [0.15, 0.2) is 0 Å². The van der Waals surface area contributed by atoms with E-state index in [1.54, 1.807) is 42.0 Å². The Hall–Kier alpha value is -4.03. The summed E-state index contributed by atoms with van der Waals surface area (Å²) in [6.45, 7) is 10.5. The molecule has 2 amide bonds. The number of hydrogen-bond acceptors (Lipinski definition) is 13. The molecule has 1 unspecified atom stereocenters. The first kappa shape index (κ1) is 42.1. The molecule has 1 aliphatic rings. The molecule has 4 aromatic rings. The van der Waals surface area contributed by atoms with Crippen molar-refractivity contribution in [1.29, 1.82) is 0 Å². The number of likely N-dealkylation sites (tertiary alicyclic amines) is 1. The van der Waals surface area contributed by atoms with Gasteiger partial charge in [0.1, 0.15) is 17.7 Å². The molecular weight excluding hydrogens is 749 g/mol. The summed E-state index contributed by atoms with van der Waals surface area (Å²) < 4.78 is 52.1. The van der Waals surface area contributed by atoms with Gasteiger partial charge in [0, 0.05) is 19.0 Å². The lowest BCUT2D eigenvalue weighted by Gasteiger charge is -2.30. The van der Waals surface area contributed by atoms with E-state index >= 15 is 0 Å². The van der Waals surface area contributed by atoms with E-state index in [-0.39, 0.29) is 75.9 Å². The van der Waals surface area contributed by atoms with Crippen LogP contribution in [0.4, 0.5) is 0 Å². The van der Waals surface area contributed by atoms with Crippen LogP contribution in [0, 0.1) is 26.7 Å². The van der Waals surface area contributed by atoms with Crippen LogP contribution in [0.15, 0.2) is 69.5 Å². The minimum atomic E-state index is -3.85. The molecule has 5 rings (SSSR count). The number of nitrogens with one attached hydrogen (secondary N) is 1. The number of amides is 2. The molecule has 1 fully saturated rings. The molecule has 4 atom stereocenters. The summed E-state index contributed by atoms with van der Waals surface area (Å²) >= 11 is 1.55. The number of carbonyl (C=O) groups excluding carboxylic acids is 2. The number of aliphatic hydroxyl groups excluding tert-OH is 1. The summed E-state index contributed by atoms with van der Waals surface area (Å²) in [5, 5.41) is 17.7. The third kappa shape index (κ3) is 11.5. The molecule has 0 aliphatic carbocycles. The van der Waals surface area contributed by atoms with Crippen LogP contribution in [-0.4, -0.2) is 105 Å². The number of carbonyl (C=O) groups is 2. The smallest absolute Gasteiger partial charge is 0.297 e. The first-order chi connectivity index (χ1) is 26.3. The van der Waals surface area contributed by atoms with Crippen LogP contribution in [0.25, 0.3) is 10.4 Å². The second kappa shape index (κ2) is 19.7. The van der Waals surface area contributed by atoms with Crippen molar-refractivity contribution in [2.45, 2.75) is 70.0 Å². The number of hydrogen-bond donors (Lipinski definition) is 2. The lowest BCUT2D eigenvalue weighted by atomic mass is 9.91. The van der Waals surface area contributed by atoms with Crippen LogP contribution in [0.3, 0.4) is 0 Å². The van der Waals surface area contributed by atoms with Crippen molar-refractivity contribution in [3.63, 3.8) is 0 Å². The first-order valence-electron chi connectivity index (χ1n) is 18.3. The first-order valence-corrected chi connectivity index (χ1v) is 20.5. The third-order valence-corrected chi connectivity index (χ3v) is 11.5. The van der Waals surface area contributed by atoms with E-state index in [9.17, 15) is 23.1 Å². The van der Waals surface area contributed by atoms with E-state index in [1.807, 2.05) is 52.0 Å². The maximum absolute atomic E-state index is 13.9. The quantitative estimate of drug-likeness (QED) is 0.0929. The number of rotatable bonds is 20. The van der Waals surface area contributed by atoms with E-state index in [1.165, 1.54) is 17.0 Å². The molecule has 2 aromatic heterocycles. The van der Waals surface area contributed by atoms with Gasteiger partial charge in [-0.05, 0) is 49.9 Å². The monoisotopic (exact) mass is 798 g/mol. The maximum atomic E-state index is 13.9. The molecule has 0 bridgehead atoms. The predicted molar refractivity (Wildman–Crippen MR) is 205 cm³/mol. The van der Waals surface area contributed by atoms with E-state index in [4.69, 9.17) is 22.9 Å². The summed E-state index contributed by atoms with van der Waals surface area (Å²) in [4.78, 5) is 34.8. The largest absolute Gasteiger partial charge is 0.391 e. The molecule has 2 N–H and O–H groups in total. The van der Waals surface area contributed by atoms with Crippen molar-refractivity contribution in [2.24, 2.45) is 5.92 Å². The summed E-state index contributed by atoms with van der Waals surface area (Å²) in [5.41, 5.74) is 6.13. The van der Waals surface area contributed by atoms with Crippen molar-refractivity contribution in [1.82, 2.24) is 20.4 Å². The average Bonchev–Trinajstić information content (AvgIpc) is 3.89. The Morgan fingerprint density at radius 2 is 1.62 bits per heavy atom. The van der Waals surface area contributed by atoms with Crippen LogP contribution in [0.1, 0.15) is 60.5 Å². The summed E-state index contributed by atoms with van der Waals surface area (Å²) in [7, 11) is -3.85. The number of benzene rings is 2. The fourth-order valence-corrected chi connectivity index (χ4v) is 8.01. The van der Waals surface area contributed by atoms with Crippen LogP contribution in [0.2, 0.25) is 0 Å². The van der Waals surface area contributed by atoms with Gasteiger partial charge in [0.25, 0.3) is 10.1 Å². The number of aromatic nitrogens is 2. The van der Waals surface area contributed by atoms with Gasteiger partial charge in [0.2, 0.25) is 11.8 Å². The van der Waals surface area contributed by atoms with Crippen molar-refractivity contribution >= 4 is 33.3 Å². The van der Waals surface area contributed by atoms with E-state index < -0.39 is 40.1 Å². The topological polar surface area (TPSA) is 180 Å². The predicted octanol–water partition coefficient (Wildman–Crippen LogP) is 4.74. The Morgan fingerprint density at radius 1 is 0.964 bits per heavy atom. The number of ether oxygens (including phenoxy) is 3. The summed E-state index contributed by atoms with van der Waals surface area (Å²) in [6, 6.07) is 14.5. The molecule has 1 aliphatic heterocycles. The van der Waals surface area contributed by atoms with Gasteiger partial charge in [-0.2, -0.15) is 8.42 Å². The Bertz CT molecular complexity index is 1950. The number of thiazole rings is 1. The van der Waals surface area contributed by atoms with Crippen molar-refractivity contribution in [3.05, 3.63) is 88.4 Å². The highest BCUT2D eigenvalue weighted by atomic mass is 32.2. The molecule has 298 valence electrons. The minimum Gasteiger partial charge on any atom is -0.391 e. The lowest BCUT2D eigenvalue weighted by molar-refractivity contribution is -0.141. The van der Waals surface area contributed by atoms with Gasteiger partial charge < -0.3 is 34.1 Å². The highest BCUT2D eigenvalue weighted by Gasteiger charge is 2.43. The van der Waals surface area contributed by atoms with Crippen LogP contribution in [0.5, 0.6) is 0 Å². The van der Waals surface area contributed by atoms with Crippen molar-refractivity contribution < 1.29 is 46.0 Å². The van der Waals surface area contributed by atoms with E-state index in [2.05, 4.69) is 15.5 Å². The van der Waals surface area contributed by atoms with E-state index in [0.717, 1.165) is 27.3 Å². The average molecular weight is 799 g/mol. The zero-order valence-electron chi connectivity index (χ0n) is 31.8. The summed E-state index contributed by atoms with van der Waals surface area (Å²) in [5.74, 6) is -1.09. The zero-order valence-corrected chi connectivity index (χ0v) is 33.4. The lowest BCUT2D eigenvalue weighted by Crippen LogP contribution is -2.49. The molecule has 55 heavy (non-hydrogen) atoms. The van der Waals surface area contributed by atoms with Crippen LogP contribution < -0.4 is 5.32 Å². The van der Waals surface area contributed by atoms with Crippen molar-refractivity contribution in [2.75, 3.05) is 52.8 Å². The molecule has 0 spiro atoms. The Labute approximate surface area is 326 Å². The Kier molecular flexibility index (Phi) is 15.1. The number of nitrogens with zero attached hydrogens (tertiary/aromatic N) is 3. The fourth-order valence-electron chi connectivity index (χ4n) is 6.30. The molecular formula is C39H50N4O10S2. The Morgan fingerprint density at radius 3 is 2.22 bits per heavy atom. The normalized spacial score (nSPS) is 17.1. The van der Waals surface area contributed by atoms with Crippen LogP contribution >= 0.6 is 11.3 Å². The number of aryl methyl sites for hydroxylation is 3. The second-order valence-electron chi connectivity index (χ2n) is 13.8. The molecule has 0 radical (unpaired) electrons. The molecule has 14 nitrogen and oxygen atoms in total. The molecule has 16 heteroatoms. The molecule has 3 heterocycles. The third-order valence-electron chi connectivity index (χ3n) is 9.19. The van der Waals surface area contributed by atoms with Gasteiger partial charge in [-0.15, -0.1) is 11.3 Å². The highest BCUT2D eigenvalue weighted by molar-refractivity contribution is 7.86.